The molecule has 1 aliphatic heterocycles. The lowest BCUT2D eigenvalue weighted by Crippen LogP contribution is -2.31. The zero-order valence-corrected chi connectivity index (χ0v) is 9.91. The zero-order valence-electron chi connectivity index (χ0n) is 9.91. The summed E-state index contributed by atoms with van der Waals surface area (Å²) >= 11 is 0. The monoisotopic (exact) mass is 220 g/mol. The third-order valence-corrected chi connectivity index (χ3v) is 2.95. The van der Waals surface area contributed by atoms with E-state index in [0.29, 0.717) is 6.10 Å². The highest BCUT2D eigenvalue weighted by molar-refractivity contribution is 5.12. The third kappa shape index (κ3) is 3.58. The molecule has 1 aliphatic rings. The molecule has 0 bridgehead atoms. The van der Waals surface area contributed by atoms with Crippen molar-refractivity contribution < 1.29 is 4.74 Å². The molecule has 88 valence electrons. The van der Waals surface area contributed by atoms with Crippen LogP contribution in [0.4, 0.5) is 0 Å². The van der Waals surface area contributed by atoms with E-state index in [-0.39, 0.29) is 0 Å². The minimum atomic E-state index is 0.409. The zero-order chi connectivity index (χ0) is 11.2. The van der Waals surface area contributed by atoms with E-state index in [0.717, 1.165) is 25.4 Å². The molecular formula is C13H20N2O. The van der Waals surface area contributed by atoms with Crippen molar-refractivity contribution in [3.63, 3.8) is 0 Å². The second-order valence-corrected chi connectivity index (χ2v) is 4.43. The lowest BCUT2D eigenvalue weighted by molar-refractivity contribution is 0.0168. The third-order valence-electron chi connectivity index (χ3n) is 2.95. The summed E-state index contributed by atoms with van der Waals surface area (Å²) in [5, 5.41) is 3.43. The summed E-state index contributed by atoms with van der Waals surface area (Å²) in [7, 11) is 0. The highest BCUT2D eigenvalue weighted by Crippen LogP contribution is 2.11. The Labute approximate surface area is 97.2 Å². The summed E-state index contributed by atoms with van der Waals surface area (Å²) in [6.45, 7) is 4.77. The molecule has 2 heterocycles. The number of aryl methyl sites for hydroxylation is 1. The van der Waals surface area contributed by atoms with Gasteiger partial charge in [0.1, 0.15) is 0 Å². The van der Waals surface area contributed by atoms with Crippen LogP contribution in [0.3, 0.4) is 0 Å². The van der Waals surface area contributed by atoms with Gasteiger partial charge in [-0.05, 0) is 37.8 Å². The molecular weight excluding hydrogens is 200 g/mol. The molecule has 3 nitrogen and oxygen atoms in total. The van der Waals surface area contributed by atoms with Gasteiger partial charge >= 0.3 is 0 Å². The first-order chi connectivity index (χ1) is 7.84. The standard InChI is InChI=1S/C13H20N2O/c1-11-5-6-12(9-15-11)8-14-10-13-4-2-3-7-16-13/h5-6,9,13-14H,2-4,7-8,10H2,1H3. The number of hydrogen-bond donors (Lipinski definition) is 1. The van der Waals surface area contributed by atoms with Gasteiger partial charge in [0, 0.05) is 31.6 Å². The lowest BCUT2D eigenvalue weighted by atomic mass is 10.1. The predicted molar refractivity (Wildman–Crippen MR) is 64.3 cm³/mol. The van der Waals surface area contributed by atoms with Crippen LogP contribution in [0.15, 0.2) is 18.3 Å². The average molecular weight is 220 g/mol. The number of pyridine rings is 1. The van der Waals surface area contributed by atoms with Crippen LogP contribution in [0.1, 0.15) is 30.5 Å². The second kappa shape index (κ2) is 5.97. The van der Waals surface area contributed by atoms with Crippen molar-refractivity contribution in [2.45, 2.75) is 38.8 Å². The first-order valence-corrected chi connectivity index (χ1v) is 6.08. The van der Waals surface area contributed by atoms with E-state index < -0.39 is 0 Å². The Hall–Kier alpha value is -0.930. The van der Waals surface area contributed by atoms with Crippen molar-refractivity contribution in [1.29, 1.82) is 0 Å². The van der Waals surface area contributed by atoms with Crippen molar-refractivity contribution in [3.05, 3.63) is 29.6 Å². The molecule has 0 aliphatic carbocycles. The average Bonchev–Trinajstić information content (AvgIpc) is 2.33. The van der Waals surface area contributed by atoms with Gasteiger partial charge in [0.15, 0.2) is 0 Å². The van der Waals surface area contributed by atoms with Crippen molar-refractivity contribution in [2.24, 2.45) is 0 Å². The fourth-order valence-corrected chi connectivity index (χ4v) is 1.95. The molecule has 1 atom stereocenters. The molecule has 1 aromatic heterocycles. The van der Waals surface area contributed by atoms with E-state index in [2.05, 4.69) is 16.4 Å². The van der Waals surface area contributed by atoms with Gasteiger partial charge in [0.05, 0.1) is 6.10 Å². The maximum Gasteiger partial charge on any atom is 0.0699 e. The molecule has 1 N–H and O–H groups in total. The van der Waals surface area contributed by atoms with Crippen molar-refractivity contribution in [1.82, 2.24) is 10.3 Å². The molecule has 1 aromatic rings. The molecule has 1 fully saturated rings. The largest absolute Gasteiger partial charge is 0.377 e. The Morgan fingerprint density at radius 1 is 1.44 bits per heavy atom. The van der Waals surface area contributed by atoms with Gasteiger partial charge in [-0.15, -0.1) is 0 Å². The number of hydrogen-bond acceptors (Lipinski definition) is 3. The van der Waals surface area contributed by atoms with Gasteiger partial charge in [-0.3, -0.25) is 4.98 Å². The van der Waals surface area contributed by atoms with Crippen LogP contribution in [-0.2, 0) is 11.3 Å². The molecule has 16 heavy (non-hydrogen) atoms. The minimum absolute atomic E-state index is 0.409. The fourth-order valence-electron chi connectivity index (χ4n) is 1.95. The van der Waals surface area contributed by atoms with E-state index >= 15 is 0 Å². The summed E-state index contributed by atoms with van der Waals surface area (Å²) in [4.78, 5) is 4.27. The van der Waals surface area contributed by atoms with Gasteiger partial charge in [-0.25, -0.2) is 0 Å². The summed E-state index contributed by atoms with van der Waals surface area (Å²) in [5.74, 6) is 0. The summed E-state index contributed by atoms with van der Waals surface area (Å²) in [6, 6.07) is 4.17. The molecule has 0 radical (unpaired) electrons. The summed E-state index contributed by atoms with van der Waals surface area (Å²) in [5.41, 5.74) is 2.31. The number of aromatic nitrogens is 1. The topological polar surface area (TPSA) is 34.1 Å². The van der Waals surface area contributed by atoms with E-state index in [1.807, 2.05) is 19.2 Å². The number of nitrogens with one attached hydrogen (secondary N) is 1. The molecule has 0 aromatic carbocycles. The normalized spacial score (nSPS) is 20.9. The summed E-state index contributed by atoms with van der Waals surface area (Å²) in [6.07, 6.45) is 6.06. The second-order valence-electron chi connectivity index (χ2n) is 4.43. The highest BCUT2D eigenvalue weighted by Gasteiger charge is 2.12. The number of rotatable bonds is 4. The Balaban J connectivity index is 1.69. The van der Waals surface area contributed by atoms with Crippen LogP contribution < -0.4 is 5.32 Å². The lowest BCUT2D eigenvalue weighted by Gasteiger charge is -2.22. The first-order valence-electron chi connectivity index (χ1n) is 6.08. The molecule has 0 saturated carbocycles. The van der Waals surface area contributed by atoms with Gasteiger partial charge in [0.2, 0.25) is 0 Å². The van der Waals surface area contributed by atoms with E-state index in [9.17, 15) is 0 Å². The van der Waals surface area contributed by atoms with Crippen molar-refractivity contribution in [3.8, 4) is 0 Å². The number of nitrogens with zero attached hydrogens (tertiary/aromatic N) is 1. The van der Waals surface area contributed by atoms with Gasteiger partial charge in [0.25, 0.3) is 0 Å². The van der Waals surface area contributed by atoms with Crippen LogP contribution >= 0.6 is 0 Å². The SMILES string of the molecule is Cc1ccc(CNCC2CCCCO2)cn1. The quantitative estimate of drug-likeness (QED) is 0.843. The minimum Gasteiger partial charge on any atom is -0.377 e. The molecule has 1 unspecified atom stereocenters. The smallest absolute Gasteiger partial charge is 0.0699 e. The van der Waals surface area contributed by atoms with E-state index in [1.54, 1.807) is 0 Å². The molecule has 1 saturated heterocycles. The van der Waals surface area contributed by atoms with Crippen LogP contribution in [0, 0.1) is 6.92 Å². The van der Waals surface area contributed by atoms with Gasteiger partial charge < -0.3 is 10.1 Å². The van der Waals surface area contributed by atoms with Gasteiger partial charge in [-0.1, -0.05) is 6.07 Å². The van der Waals surface area contributed by atoms with E-state index in [1.165, 1.54) is 24.8 Å². The maximum absolute atomic E-state index is 5.66. The molecule has 0 spiro atoms. The molecule has 0 amide bonds. The predicted octanol–water partition coefficient (Wildman–Crippen LogP) is 2.05. The first kappa shape index (κ1) is 11.6. The molecule has 2 rings (SSSR count). The Kier molecular flexibility index (Phi) is 4.31. The van der Waals surface area contributed by atoms with Crippen LogP contribution in [-0.4, -0.2) is 24.2 Å². The van der Waals surface area contributed by atoms with Crippen molar-refractivity contribution >= 4 is 0 Å². The summed E-state index contributed by atoms with van der Waals surface area (Å²) < 4.78 is 5.66. The Bertz CT molecular complexity index is 304. The van der Waals surface area contributed by atoms with Crippen molar-refractivity contribution in [2.75, 3.05) is 13.2 Å². The Morgan fingerprint density at radius 2 is 2.38 bits per heavy atom. The molecule has 3 heteroatoms. The van der Waals surface area contributed by atoms with Crippen LogP contribution in [0.5, 0.6) is 0 Å². The number of ether oxygens (including phenoxy) is 1. The van der Waals surface area contributed by atoms with E-state index in [4.69, 9.17) is 4.74 Å². The highest BCUT2D eigenvalue weighted by atomic mass is 16.5. The van der Waals surface area contributed by atoms with Gasteiger partial charge in [-0.2, -0.15) is 0 Å². The fraction of sp³-hybridized carbons (Fsp3) is 0.615. The maximum atomic E-state index is 5.66. The van der Waals surface area contributed by atoms with Crippen LogP contribution in [0.2, 0.25) is 0 Å². The Morgan fingerprint density at radius 3 is 3.06 bits per heavy atom. The van der Waals surface area contributed by atoms with Crippen LogP contribution in [0.25, 0.3) is 0 Å².